The number of amides is 1. The van der Waals surface area contributed by atoms with Crippen LogP contribution in [0.25, 0.3) is 11.0 Å². The zero-order chi connectivity index (χ0) is 19.3. The van der Waals surface area contributed by atoms with E-state index in [-0.39, 0.29) is 11.3 Å². The van der Waals surface area contributed by atoms with Gasteiger partial charge < -0.3 is 9.80 Å². The molecule has 144 valence electrons. The molecule has 3 aromatic rings. The SMILES string of the molecule is CN(C)c1ncc2c(n1)C1(CCCN(C(=O)c3ccc4n[nH]nc4c3)C1)CC2. The number of hydrogen-bond donors (Lipinski definition) is 1. The lowest BCUT2D eigenvalue weighted by Gasteiger charge is -2.40. The second-order valence-electron chi connectivity index (χ2n) is 8.08. The van der Waals surface area contributed by atoms with Gasteiger partial charge in [-0.05, 0) is 49.4 Å². The van der Waals surface area contributed by atoms with Gasteiger partial charge in [0.2, 0.25) is 5.95 Å². The quantitative estimate of drug-likeness (QED) is 0.734. The van der Waals surface area contributed by atoms with Gasteiger partial charge in [0.1, 0.15) is 11.0 Å². The van der Waals surface area contributed by atoms with Crippen molar-refractivity contribution in [1.82, 2.24) is 30.3 Å². The highest BCUT2D eigenvalue weighted by Gasteiger charge is 2.45. The van der Waals surface area contributed by atoms with Gasteiger partial charge >= 0.3 is 0 Å². The molecule has 8 nitrogen and oxygen atoms in total. The Balaban J connectivity index is 1.46. The summed E-state index contributed by atoms with van der Waals surface area (Å²) in [5.41, 5.74) is 4.44. The first kappa shape index (κ1) is 17.1. The van der Waals surface area contributed by atoms with Crippen LogP contribution < -0.4 is 4.90 Å². The van der Waals surface area contributed by atoms with Crippen LogP contribution in [0.15, 0.2) is 24.4 Å². The number of carbonyl (C=O) groups is 1. The molecule has 1 saturated heterocycles. The molecule has 0 saturated carbocycles. The van der Waals surface area contributed by atoms with Crippen LogP contribution >= 0.6 is 0 Å². The van der Waals surface area contributed by atoms with E-state index in [0.29, 0.717) is 17.6 Å². The number of nitrogens with zero attached hydrogens (tertiary/aromatic N) is 6. The summed E-state index contributed by atoms with van der Waals surface area (Å²) >= 11 is 0. The summed E-state index contributed by atoms with van der Waals surface area (Å²) in [6, 6.07) is 5.49. The second kappa shape index (κ2) is 6.25. The number of likely N-dealkylation sites (tertiary alicyclic amines) is 1. The third kappa shape index (κ3) is 2.63. The summed E-state index contributed by atoms with van der Waals surface area (Å²) in [5.74, 6) is 0.791. The van der Waals surface area contributed by atoms with Gasteiger partial charge in [-0.2, -0.15) is 15.4 Å². The highest BCUT2D eigenvalue weighted by molar-refractivity contribution is 5.97. The van der Waals surface area contributed by atoms with Crippen LogP contribution in [0, 0.1) is 0 Å². The number of piperidine rings is 1. The van der Waals surface area contributed by atoms with Crippen molar-refractivity contribution >= 4 is 22.9 Å². The number of H-pyrrole nitrogens is 1. The smallest absolute Gasteiger partial charge is 0.253 e. The zero-order valence-corrected chi connectivity index (χ0v) is 16.1. The number of anilines is 1. The van der Waals surface area contributed by atoms with Crippen LogP contribution in [0.5, 0.6) is 0 Å². The molecule has 8 heteroatoms. The number of aromatic nitrogens is 5. The van der Waals surface area contributed by atoms with Crippen LogP contribution in [0.3, 0.4) is 0 Å². The molecule has 2 aliphatic rings. The first-order valence-electron chi connectivity index (χ1n) is 9.69. The molecule has 1 aromatic carbocycles. The number of rotatable bonds is 2. The summed E-state index contributed by atoms with van der Waals surface area (Å²) < 4.78 is 0. The van der Waals surface area contributed by atoms with E-state index in [4.69, 9.17) is 4.98 Å². The molecule has 28 heavy (non-hydrogen) atoms. The largest absolute Gasteiger partial charge is 0.347 e. The molecule has 1 amide bonds. The van der Waals surface area contributed by atoms with Crippen molar-refractivity contribution in [2.45, 2.75) is 31.1 Å². The van der Waals surface area contributed by atoms with E-state index in [0.717, 1.165) is 49.4 Å². The van der Waals surface area contributed by atoms with E-state index in [1.807, 2.05) is 48.3 Å². The standard InChI is InChI=1S/C20H23N7O/c1-26(2)19-21-11-14-6-8-20(17(14)22-19)7-3-9-27(12-20)18(28)13-4-5-15-16(10-13)24-25-23-15/h4-5,10-11H,3,6-9,12H2,1-2H3,(H,23,24,25). The number of aromatic amines is 1. The second-order valence-corrected chi connectivity index (χ2v) is 8.08. The van der Waals surface area contributed by atoms with Crippen molar-refractivity contribution in [3.63, 3.8) is 0 Å². The minimum Gasteiger partial charge on any atom is -0.347 e. The molecule has 3 heterocycles. The van der Waals surface area contributed by atoms with E-state index < -0.39 is 0 Å². The number of aryl methyl sites for hydroxylation is 1. The monoisotopic (exact) mass is 377 g/mol. The zero-order valence-electron chi connectivity index (χ0n) is 16.1. The Morgan fingerprint density at radius 3 is 2.93 bits per heavy atom. The predicted molar refractivity (Wildman–Crippen MR) is 105 cm³/mol. The fourth-order valence-electron chi connectivity index (χ4n) is 4.61. The Kier molecular flexibility index (Phi) is 3.82. The third-order valence-corrected chi connectivity index (χ3v) is 6.05. The van der Waals surface area contributed by atoms with Crippen LogP contribution in [-0.4, -0.2) is 63.4 Å². The van der Waals surface area contributed by atoms with Crippen molar-refractivity contribution in [3.8, 4) is 0 Å². The average Bonchev–Trinajstić information content (AvgIpc) is 3.32. The number of benzene rings is 1. The minimum absolute atomic E-state index is 0.0549. The molecule has 1 fully saturated rings. The molecular formula is C20H23N7O. The van der Waals surface area contributed by atoms with E-state index in [1.54, 1.807) is 0 Å². The topological polar surface area (TPSA) is 90.9 Å². The highest BCUT2D eigenvalue weighted by Crippen LogP contribution is 2.44. The van der Waals surface area contributed by atoms with Crippen molar-refractivity contribution in [3.05, 3.63) is 41.2 Å². The number of fused-ring (bicyclic) bond motifs is 3. The summed E-state index contributed by atoms with van der Waals surface area (Å²) in [6.07, 6.45) is 6.02. The number of nitrogens with one attached hydrogen (secondary N) is 1. The van der Waals surface area contributed by atoms with Crippen molar-refractivity contribution in [2.75, 3.05) is 32.1 Å². The van der Waals surface area contributed by atoms with Crippen LogP contribution in [0.2, 0.25) is 0 Å². The van der Waals surface area contributed by atoms with Gasteiger partial charge in [0, 0.05) is 44.4 Å². The summed E-state index contributed by atoms with van der Waals surface area (Å²) in [5, 5.41) is 10.8. The summed E-state index contributed by atoms with van der Waals surface area (Å²) in [4.78, 5) is 26.5. The van der Waals surface area contributed by atoms with Gasteiger partial charge in [0.05, 0.1) is 5.69 Å². The Morgan fingerprint density at radius 2 is 2.07 bits per heavy atom. The van der Waals surface area contributed by atoms with Crippen molar-refractivity contribution in [1.29, 1.82) is 0 Å². The lowest BCUT2D eigenvalue weighted by atomic mass is 9.77. The van der Waals surface area contributed by atoms with Gasteiger partial charge in [-0.3, -0.25) is 4.79 Å². The first-order chi connectivity index (χ1) is 13.6. The molecule has 1 N–H and O–H groups in total. The Bertz CT molecular complexity index is 1060. The predicted octanol–water partition coefficient (Wildman–Crippen LogP) is 1.93. The first-order valence-corrected chi connectivity index (χ1v) is 9.69. The van der Waals surface area contributed by atoms with E-state index >= 15 is 0 Å². The summed E-state index contributed by atoms with van der Waals surface area (Å²) in [7, 11) is 3.92. The molecule has 1 atom stereocenters. The maximum absolute atomic E-state index is 13.2. The molecule has 0 bridgehead atoms. The van der Waals surface area contributed by atoms with Crippen LogP contribution in [-0.2, 0) is 11.8 Å². The molecule has 2 aromatic heterocycles. The fraction of sp³-hybridized carbons (Fsp3) is 0.450. The highest BCUT2D eigenvalue weighted by atomic mass is 16.2. The molecule has 5 rings (SSSR count). The average molecular weight is 377 g/mol. The van der Waals surface area contributed by atoms with Gasteiger partial charge in [0.25, 0.3) is 5.91 Å². The van der Waals surface area contributed by atoms with Crippen molar-refractivity contribution < 1.29 is 4.79 Å². The Labute approximate surface area is 163 Å². The van der Waals surface area contributed by atoms with Crippen molar-refractivity contribution in [2.24, 2.45) is 0 Å². The Hall–Kier alpha value is -3.03. The lowest BCUT2D eigenvalue weighted by molar-refractivity contribution is 0.0633. The van der Waals surface area contributed by atoms with E-state index in [9.17, 15) is 4.79 Å². The maximum Gasteiger partial charge on any atom is 0.253 e. The van der Waals surface area contributed by atoms with E-state index in [2.05, 4.69) is 20.4 Å². The van der Waals surface area contributed by atoms with Crippen LogP contribution in [0.1, 0.15) is 40.9 Å². The van der Waals surface area contributed by atoms with Crippen LogP contribution in [0.4, 0.5) is 5.95 Å². The number of hydrogen-bond acceptors (Lipinski definition) is 6. The van der Waals surface area contributed by atoms with Gasteiger partial charge in [-0.1, -0.05) is 0 Å². The molecule has 1 unspecified atom stereocenters. The Morgan fingerprint density at radius 1 is 1.21 bits per heavy atom. The molecular weight excluding hydrogens is 354 g/mol. The van der Waals surface area contributed by atoms with Gasteiger partial charge in [0.15, 0.2) is 0 Å². The number of carbonyl (C=O) groups excluding carboxylic acids is 1. The molecule has 0 radical (unpaired) electrons. The maximum atomic E-state index is 13.2. The molecule has 1 aliphatic heterocycles. The van der Waals surface area contributed by atoms with E-state index in [1.165, 1.54) is 5.56 Å². The van der Waals surface area contributed by atoms with Gasteiger partial charge in [-0.25, -0.2) is 9.97 Å². The normalized spacial score (nSPS) is 21.3. The molecule has 1 aliphatic carbocycles. The summed E-state index contributed by atoms with van der Waals surface area (Å²) in [6.45, 7) is 1.48. The third-order valence-electron chi connectivity index (χ3n) is 6.05. The lowest BCUT2D eigenvalue weighted by Crippen LogP contribution is -2.48. The fourth-order valence-corrected chi connectivity index (χ4v) is 4.61. The van der Waals surface area contributed by atoms with Gasteiger partial charge in [-0.15, -0.1) is 0 Å². The minimum atomic E-state index is -0.0606. The molecule has 1 spiro atoms.